The molecule has 1 atom stereocenters. The van der Waals surface area contributed by atoms with Crippen molar-refractivity contribution >= 4 is 28.7 Å². The van der Waals surface area contributed by atoms with E-state index < -0.39 is 0 Å². The molecule has 2 heterocycles. The second kappa shape index (κ2) is 8.78. The zero-order valence-corrected chi connectivity index (χ0v) is 17.5. The van der Waals surface area contributed by atoms with E-state index in [4.69, 9.17) is 0 Å². The monoisotopic (exact) mass is 380 g/mol. The number of nitrogens with zero attached hydrogens (tertiary/aromatic N) is 3. The summed E-state index contributed by atoms with van der Waals surface area (Å²) < 4.78 is 0. The first kappa shape index (κ1) is 19.9. The largest absolute Gasteiger partial charge is 0.336 e. The average molecular weight is 381 g/mol. The zero-order chi connectivity index (χ0) is 18.6. The highest BCUT2D eigenvalue weighted by atomic mass is 32.1. The van der Waals surface area contributed by atoms with Gasteiger partial charge >= 0.3 is 6.03 Å². The lowest BCUT2D eigenvalue weighted by Crippen LogP contribution is -2.41. The molecule has 1 N–H and O–H groups in total. The fraction of sp³-hybridized carbons (Fsp3) is 0.556. The van der Waals surface area contributed by atoms with Crippen LogP contribution in [-0.2, 0) is 6.54 Å². The molecule has 0 fully saturated rings. The standard InChI is InChI=1S/C18H28N4OS2/c1-12(2)17-20-14(11-25-17)10-22(6)18(23)19-9-15(21(4)5)16-13(3)7-8-24-16/h7-8,11-12,15H,9-10H2,1-6H3,(H,19,23)/t15-/m1/s1. The molecule has 2 amide bonds. The number of carbonyl (C=O) groups excluding carboxylic acids is 1. The number of urea groups is 1. The minimum atomic E-state index is -0.0693. The fourth-order valence-corrected chi connectivity index (χ4v) is 4.48. The SMILES string of the molecule is Cc1ccsc1[C@@H](CNC(=O)N(C)Cc1csc(C(C)C)n1)N(C)C. The third kappa shape index (κ3) is 5.26. The number of aromatic nitrogens is 1. The van der Waals surface area contributed by atoms with E-state index in [9.17, 15) is 4.79 Å². The topological polar surface area (TPSA) is 48.5 Å². The van der Waals surface area contributed by atoms with E-state index >= 15 is 0 Å². The quantitative estimate of drug-likeness (QED) is 0.787. The molecule has 0 aliphatic rings. The summed E-state index contributed by atoms with van der Waals surface area (Å²) in [6.45, 7) is 7.50. The molecule has 0 aromatic carbocycles. The van der Waals surface area contributed by atoms with Crippen molar-refractivity contribution in [2.75, 3.05) is 27.7 Å². The van der Waals surface area contributed by atoms with Gasteiger partial charge in [0.25, 0.3) is 0 Å². The van der Waals surface area contributed by atoms with Crippen molar-refractivity contribution in [2.45, 2.75) is 39.3 Å². The number of likely N-dealkylation sites (N-methyl/N-ethyl adjacent to an activating group) is 1. The van der Waals surface area contributed by atoms with Crippen LogP contribution in [0.2, 0.25) is 0 Å². The van der Waals surface area contributed by atoms with Gasteiger partial charge in [-0.25, -0.2) is 9.78 Å². The molecular weight excluding hydrogens is 352 g/mol. The maximum absolute atomic E-state index is 12.4. The predicted octanol–water partition coefficient (Wildman–Crippen LogP) is 4.08. The smallest absolute Gasteiger partial charge is 0.317 e. The first-order chi connectivity index (χ1) is 11.8. The van der Waals surface area contributed by atoms with E-state index in [2.05, 4.69) is 47.4 Å². The van der Waals surface area contributed by atoms with Crippen molar-refractivity contribution in [1.29, 1.82) is 0 Å². The minimum absolute atomic E-state index is 0.0693. The highest BCUT2D eigenvalue weighted by Gasteiger charge is 2.20. The average Bonchev–Trinajstić information content (AvgIpc) is 3.16. The van der Waals surface area contributed by atoms with E-state index in [-0.39, 0.29) is 12.1 Å². The molecule has 7 heteroatoms. The van der Waals surface area contributed by atoms with Gasteiger partial charge in [0.1, 0.15) is 0 Å². The van der Waals surface area contributed by atoms with E-state index in [0.29, 0.717) is 19.0 Å². The van der Waals surface area contributed by atoms with Crippen LogP contribution in [-0.4, -0.2) is 48.5 Å². The van der Waals surface area contributed by atoms with Crippen molar-refractivity contribution < 1.29 is 4.79 Å². The lowest BCUT2D eigenvalue weighted by Gasteiger charge is -2.26. The Bertz CT molecular complexity index is 693. The Balaban J connectivity index is 1.92. The van der Waals surface area contributed by atoms with E-state index in [1.807, 2.05) is 26.5 Å². The summed E-state index contributed by atoms with van der Waals surface area (Å²) in [7, 11) is 5.90. The molecule has 138 valence electrons. The van der Waals surface area contributed by atoms with E-state index in [1.54, 1.807) is 27.6 Å². The lowest BCUT2D eigenvalue weighted by molar-refractivity contribution is 0.200. The molecule has 2 aromatic rings. The van der Waals surface area contributed by atoms with Crippen molar-refractivity contribution in [3.05, 3.63) is 38.0 Å². The number of amides is 2. The van der Waals surface area contributed by atoms with Gasteiger partial charge in [-0.1, -0.05) is 13.8 Å². The molecule has 0 bridgehead atoms. The van der Waals surface area contributed by atoms with Crippen LogP contribution in [0, 0.1) is 6.92 Å². The first-order valence-electron chi connectivity index (χ1n) is 8.43. The Hall–Kier alpha value is -1.44. The summed E-state index contributed by atoms with van der Waals surface area (Å²) in [5.41, 5.74) is 2.22. The Morgan fingerprint density at radius 1 is 1.28 bits per heavy atom. The van der Waals surface area contributed by atoms with Gasteiger partial charge in [0.2, 0.25) is 0 Å². The van der Waals surface area contributed by atoms with Crippen molar-refractivity contribution in [2.24, 2.45) is 0 Å². The highest BCUT2D eigenvalue weighted by Crippen LogP contribution is 2.26. The van der Waals surface area contributed by atoms with E-state index in [0.717, 1.165) is 10.7 Å². The molecule has 0 saturated heterocycles. The van der Waals surface area contributed by atoms with Crippen LogP contribution in [0.1, 0.15) is 46.9 Å². The maximum atomic E-state index is 12.4. The molecule has 25 heavy (non-hydrogen) atoms. The lowest BCUT2D eigenvalue weighted by atomic mass is 10.1. The summed E-state index contributed by atoms with van der Waals surface area (Å²) in [6, 6.07) is 2.24. The van der Waals surface area contributed by atoms with Crippen molar-refractivity contribution in [3.63, 3.8) is 0 Å². The number of rotatable bonds is 7. The van der Waals surface area contributed by atoms with Gasteiger partial charge in [-0.15, -0.1) is 22.7 Å². The van der Waals surface area contributed by atoms with Crippen LogP contribution in [0.4, 0.5) is 4.79 Å². The van der Waals surface area contributed by atoms with Gasteiger partial charge in [-0.2, -0.15) is 0 Å². The molecule has 0 spiro atoms. The van der Waals surface area contributed by atoms with Gasteiger partial charge in [-0.05, 0) is 38.0 Å². The number of thiophene rings is 1. The Morgan fingerprint density at radius 2 is 2.00 bits per heavy atom. The molecule has 5 nitrogen and oxygen atoms in total. The number of hydrogen-bond donors (Lipinski definition) is 1. The van der Waals surface area contributed by atoms with Crippen LogP contribution in [0.25, 0.3) is 0 Å². The van der Waals surface area contributed by atoms with Crippen LogP contribution < -0.4 is 5.32 Å². The molecule has 0 saturated carbocycles. The Kier molecular flexibility index (Phi) is 6.98. The summed E-state index contributed by atoms with van der Waals surface area (Å²) >= 11 is 3.40. The van der Waals surface area contributed by atoms with Crippen LogP contribution in [0.3, 0.4) is 0 Å². The third-order valence-corrected chi connectivity index (χ3v) is 6.40. The molecule has 0 radical (unpaired) electrons. The molecule has 2 rings (SSSR count). The fourth-order valence-electron chi connectivity index (χ4n) is 2.53. The Labute approximate surface area is 158 Å². The summed E-state index contributed by atoms with van der Waals surface area (Å²) in [5.74, 6) is 0.424. The van der Waals surface area contributed by atoms with Crippen LogP contribution in [0.15, 0.2) is 16.8 Å². The van der Waals surface area contributed by atoms with E-state index in [1.165, 1.54) is 10.4 Å². The van der Waals surface area contributed by atoms with Gasteiger partial charge in [0, 0.05) is 29.8 Å². The molecule has 0 unspecified atom stereocenters. The normalized spacial score (nSPS) is 12.6. The van der Waals surface area contributed by atoms with Gasteiger partial charge < -0.3 is 15.1 Å². The number of carbonyl (C=O) groups is 1. The molecule has 2 aromatic heterocycles. The summed E-state index contributed by atoms with van der Waals surface area (Å²) in [4.78, 5) is 22.2. The van der Waals surface area contributed by atoms with Crippen molar-refractivity contribution in [3.8, 4) is 0 Å². The minimum Gasteiger partial charge on any atom is -0.336 e. The third-order valence-electron chi connectivity index (χ3n) is 4.08. The number of thiazole rings is 1. The molecular formula is C18H28N4OS2. The highest BCUT2D eigenvalue weighted by molar-refractivity contribution is 7.10. The van der Waals surface area contributed by atoms with Gasteiger partial charge in [0.15, 0.2) is 0 Å². The summed E-state index contributed by atoms with van der Waals surface area (Å²) in [6.07, 6.45) is 0. The Morgan fingerprint density at radius 3 is 2.52 bits per heavy atom. The molecule has 0 aliphatic heterocycles. The zero-order valence-electron chi connectivity index (χ0n) is 15.9. The van der Waals surface area contributed by atoms with Crippen molar-refractivity contribution in [1.82, 2.24) is 20.1 Å². The number of aryl methyl sites for hydroxylation is 1. The first-order valence-corrected chi connectivity index (χ1v) is 10.2. The number of hydrogen-bond acceptors (Lipinski definition) is 5. The second-order valence-electron chi connectivity index (χ2n) is 6.82. The summed E-state index contributed by atoms with van der Waals surface area (Å²) in [5, 5.41) is 8.31. The van der Waals surface area contributed by atoms with Gasteiger partial charge in [-0.3, -0.25) is 0 Å². The van der Waals surface area contributed by atoms with Crippen LogP contribution in [0.5, 0.6) is 0 Å². The predicted molar refractivity (Wildman–Crippen MR) is 107 cm³/mol. The maximum Gasteiger partial charge on any atom is 0.317 e. The van der Waals surface area contributed by atoms with Crippen LogP contribution >= 0.6 is 22.7 Å². The molecule has 0 aliphatic carbocycles. The number of nitrogens with one attached hydrogen (secondary N) is 1. The second-order valence-corrected chi connectivity index (χ2v) is 8.66. The van der Waals surface area contributed by atoms with Gasteiger partial charge in [0.05, 0.1) is 23.3 Å².